The van der Waals surface area contributed by atoms with Crippen molar-refractivity contribution in [3.8, 4) is 0 Å². The molecule has 1 aromatic carbocycles. The number of rotatable bonds is 7. The van der Waals surface area contributed by atoms with Crippen molar-refractivity contribution in [3.63, 3.8) is 0 Å². The molecule has 0 fully saturated rings. The fraction of sp³-hybridized carbons (Fsp3) is 0.267. The van der Waals surface area contributed by atoms with Gasteiger partial charge in [-0.1, -0.05) is 46.9 Å². The zero-order valence-electron chi connectivity index (χ0n) is 12.4. The molecule has 22 heavy (non-hydrogen) atoms. The number of aromatic nitrogens is 2. The lowest BCUT2D eigenvalue weighted by atomic mass is 10.2. The van der Waals surface area contributed by atoms with Crippen LogP contribution in [-0.2, 0) is 4.79 Å². The smallest absolute Gasteiger partial charge is 0.239 e. The van der Waals surface area contributed by atoms with E-state index in [0.717, 1.165) is 15.0 Å². The predicted molar refractivity (Wildman–Crippen MR) is 96.0 cm³/mol. The first-order chi connectivity index (χ1) is 10.6. The highest BCUT2D eigenvalue weighted by Crippen LogP contribution is 2.27. The summed E-state index contributed by atoms with van der Waals surface area (Å²) in [5, 5.41) is 11.2. The molecule has 0 aliphatic carbocycles. The van der Waals surface area contributed by atoms with Crippen LogP contribution < -0.4 is 5.32 Å². The lowest BCUT2D eigenvalue weighted by molar-refractivity contribution is -0.115. The minimum absolute atomic E-state index is 0.0676. The number of aryl methyl sites for hydroxylation is 1. The second kappa shape index (κ2) is 8.36. The summed E-state index contributed by atoms with van der Waals surface area (Å²) in [5.74, 6) is 0.712. The third kappa shape index (κ3) is 5.15. The van der Waals surface area contributed by atoms with E-state index in [0.29, 0.717) is 5.13 Å². The molecule has 116 valence electrons. The van der Waals surface area contributed by atoms with Crippen LogP contribution in [0.1, 0.15) is 12.5 Å². The van der Waals surface area contributed by atoms with Crippen LogP contribution in [0.5, 0.6) is 0 Å². The first-order valence-electron chi connectivity index (χ1n) is 6.70. The van der Waals surface area contributed by atoms with Gasteiger partial charge >= 0.3 is 0 Å². The highest BCUT2D eigenvalue weighted by Gasteiger charge is 2.16. The number of nitrogens with one attached hydrogen (secondary N) is 1. The van der Waals surface area contributed by atoms with E-state index in [2.05, 4.69) is 22.1 Å². The van der Waals surface area contributed by atoms with Gasteiger partial charge in [0.1, 0.15) is 0 Å². The Morgan fingerprint density at radius 2 is 2.14 bits per heavy atom. The monoisotopic (exact) mass is 351 g/mol. The van der Waals surface area contributed by atoms with Crippen molar-refractivity contribution >= 4 is 45.9 Å². The Morgan fingerprint density at radius 1 is 1.41 bits per heavy atom. The van der Waals surface area contributed by atoms with E-state index in [9.17, 15) is 4.79 Å². The normalized spacial score (nSPS) is 11.9. The molecule has 0 aliphatic heterocycles. The Kier molecular flexibility index (Phi) is 6.48. The summed E-state index contributed by atoms with van der Waals surface area (Å²) in [5.41, 5.74) is 1.21. The Bertz CT molecular complexity index is 640. The minimum atomic E-state index is -0.198. The number of carbonyl (C=O) groups excluding carboxylic acids is 1. The zero-order chi connectivity index (χ0) is 15.9. The van der Waals surface area contributed by atoms with Crippen LogP contribution in [0.15, 0.2) is 46.2 Å². The zero-order valence-corrected chi connectivity index (χ0v) is 14.9. The van der Waals surface area contributed by atoms with E-state index in [1.54, 1.807) is 11.8 Å². The van der Waals surface area contributed by atoms with Gasteiger partial charge in [0.15, 0.2) is 4.34 Å². The van der Waals surface area contributed by atoms with Gasteiger partial charge in [-0.05, 0) is 26.0 Å². The van der Waals surface area contributed by atoms with E-state index in [4.69, 9.17) is 0 Å². The molecule has 0 saturated heterocycles. The molecule has 1 N–H and O–H groups in total. The van der Waals surface area contributed by atoms with Crippen molar-refractivity contribution in [2.75, 3.05) is 11.1 Å². The molecule has 0 spiro atoms. The Balaban J connectivity index is 1.89. The third-order valence-electron chi connectivity index (χ3n) is 2.66. The molecular formula is C15H17N3OS3. The average molecular weight is 352 g/mol. The quantitative estimate of drug-likeness (QED) is 0.459. The highest BCUT2D eigenvalue weighted by molar-refractivity contribution is 8.01. The van der Waals surface area contributed by atoms with Crippen LogP contribution in [0, 0.1) is 6.92 Å². The highest BCUT2D eigenvalue weighted by atomic mass is 32.2. The molecule has 0 radical (unpaired) electrons. The summed E-state index contributed by atoms with van der Waals surface area (Å²) in [6.45, 7) is 7.59. The minimum Gasteiger partial charge on any atom is -0.300 e. The third-order valence-corrected chi connectivity index (χ3v) is 5.74. The van der Waals surface area contributed by atoms with Crippen molar-refractivity contribution < 1.29 is 4.79 Å². The van der Waals surface area contributed by atoms with Crippen molar-refractivity contribution in [2.45, 2.75) is 28.3 Å². The van der Waals surface area contributed by atoms with Gasteiger partial charge in [0.05, 0.1) is 5.25 Å². The molecule has 0 bridgehead atoms. The molecule has 2 rings (SSSR count). The first kappa shape index (κ1) is 17.1. The molecule has 1 aromatic heterocycles. The summed E-state index contributed by atoms with van der Waals surface area (Å²) in [4.78, 5) is 13.3. The fourth-order valence-electron chi connectivity index (χ4n) is 1.53. The molecule has 2 aromatic rings. The number of thioether (sulfide) groups is 2. The number of anilines is 1. The second-order valence-corrected chi connectivity index (χ2v) is 8.19. The van der Waals surface area contributed by atoms with E-state index in [1.807, 2.05) is 44.2 Å². The number of hydrogen-bond acceptors (Lipinski definition) is 6. The maximum Gasteiger partial charge on any atom is 0.239 e. The topological polar surface area (TPSA) is 54.9 Å². The molecule has 0 aliphatic rings. The Hall–Kier alpha value is -1.31. The number of amides is 1. The number of hydrogen-bond donors (Lipinski definition) is 1. The average Bonchev–Trinajstić information content (AvgIpc) is 2.95. The number of carbonyl (C=O) groups is 1. The Labute approximate surface area is 142 Å². The maximum absolute atomic E-state index is 12.2. The van der Waals surface area contributed by atoms with Crippen molar-refractivity contribution in [3.05, 3.63) is 42.5 Å². The molecule has 1 unspecified atom stereocenters. The van der Waals surface area contributed by atoms with Crippen LogP contribution in [-0.4, -0.2) is 27.1 Å². The molecule has 1 amide bonds. The molecule has 0 saturated carbocycles. The SMILES string of the molecule is C=CCSc1nnc(NC(=O)C(C)Sc2ccc(C)cc2)s1. The van der Waals surface area contributed by atoms with Gasteiger partial charge in [-0.15, -0.1) is 28.5 Å². The fourth-order valence-corrected chi connectivity index (χ4v) is 3.91. The van der Waals surface area contributed by atoms with Crippen molar-refractivity contribution in [2.24, 2.45) is 0 Å². The van der Waals surface area contributed by atoms with Crippen LogP contribution in [0.3, 0.4) is 0 Å². The van der Waals surface area contributed by atoms with Crippen LogP contribution in [0.25, 0.3) is 0 Å². The lowest BCUT2D eigenvalue weighted by Gasteiger charge is -2.10. The molecule has 7 heteroatoms. The number of benzene rings is 1. The second-order valence-electron chi connectivity index (χ2n) is 4.54. The summed E-state index contributed by atoms with van der Waals surface area (Å²) in [6.07, 6.45) is 1.81. The van der Waals surface area contributed by atoms with E-state index < -0.39 is 0 Å². The molecule has 4 nitrogen and oxygen atoms in total. The van der Waals surface area contributed by atoms with E-state index >= 15 is 0 Å². The Morgan fingerprint density at radius 3 is 2.82 bits per heavy atom. The first-order valence-corrected chi connectivity index (χ1v) is 9.38. The maximum atomic E-state index is 12.2. The van der Waals surface area contributed by atoms with Crippen LogP contribution >= 0.6 is 34.9 Å². The van der Waals surface area contributed by atoms with Gasteiger partial charge in [-0.25, -0.2) is 0 Å². The van der Waals surface area contributed by atoms with Crippen molar-refractivity contribution in [1.82, 2.24) is 10.2 Å². The van der Waals surface area contributed by atoms with Gasteiger partial charge in [0, 0.05) is 10.6 Å². The largest absolute Gasteiger partial charge is 0.300 e. The summed E-state index contributed by atoms with van der Waals surface area (Å²) in [6, 6.07) is 8.14. The summed E-state index contributed by atoms with van der Waals surface area (Å²) >= 11 is 4.46. The van der Waals surface area contributed by atoms with Gasteiger partial charge in [0.2, 0.25) is 11.0 Å². The predicted octanol–water partition coefficient (Wildman–Crippen LogP) is 4.24. The number of nitrogens with zero attached hydrogens (tertiary/aromatic N) is 2. The van der Waals surface area contributed by atoms with E-state index in [1.165, 1.54) is 28.7 Å². The molecule has 1 heterocycles. The van der Waals surface area contributed by atoms with E-state index in [-0.39, 0.29) is 11.2 Å². The lowest BCUT2D eigenvalue weighted by Crippen LogP contribution is -2.22. The standard InChI is InChI=1S/C15H17N3OS3/c1-4-9-20-15-18-17-14(22-15)16-13(19)11(3)21-12-7-5-10(2)6-8-12/h4-8,11H,1,9H2,2-3H3,(H,16,17,19). The van der Waals surface area contributed by atoms with Crippen LogP contribution in [0.2, 0.25) is 0 Å². The molecular weight excluding hydrogens is 334 g/mol. The van der Waals surface area contributed by atoms with Gasteiger partial charge < -0.3 is 0 Å². The van der Waals surface area contributed by atoms with Gasteiger partial charge in [-0.2, -0.15) is 0 Å². The molecule has 1 atom stereocenters. The van der Waals surface area contributed by atoms with Crippen LogP contribution in [0.4, 0.5) is 5.13 Å². The van der Waals surface area contributed by atoms with Crippen molar-refractivity contribution in [1.29, 1.82) is 0 Å². The summed E-state index contributed by atoms with van der Waals surface area (Å²) in [7, 11) is 0. The van der Waals surface area contributed by atoms with Gasteiger partial charge in [0.25, 0.3) is 0 Å². The summed E-state index contributed by atoms with van der Waals surface area (Å²) < 4.78 is 0.828. The van der Waals surface area contributed by atoms with Gasteiger partial charge in [-0.3, -0.25) is 10.1 Å².